The van der Waals surface area contributed by atoms with E-state index in [1.807, 2.05) is 0 Å². The van der Waals surface area contributed by atoms with Gasteiger partial charge >= 0.3 is 11.9 Å². The van der Waals surface area contributed by atoms with E-state index >= 15 is 0 Å². The number of rotatable bonds is 3. The Balaban J connectivity index is 2.50. The lowest BCUT2D eigenvalue weighted by Gasteiger charge is -2.17. The third-order valence-corrected chi connectivity index (χ3v) is 3.62. The van der Waals surface area contributed by atoms with Gasteiger partial charge < -0.3 is 14.3 Å². The van der Waals surface area contributed by atoms with Crippen molar-refractivity contribution in [3.63, 3.8) is 0 Å². The fraction of sp³-hybridized carbons (Fsp3) is 0.333. The zero-order chi connectivity index (χ0) is 15.6. The number of benzene rings is 1. The number of fused-ring (bicyclic) bond motifs is 1. The van der Waals surface area contributed by atoms with Crippen LogP contribution in [0.1, 0.15) is 26.3 Å². The molecule has 0 spiro atoms. The van der Waals surface area contributed by atoms with Crippen LogP contribution in [0.25, 0.3) is 4.85 Å². The van der Waals surface area contributed by atoms with Crippen LogP contribution in [0.2, 0.25) is 0 Å². The van der Waals surface area contributed by atoms with E-state index in [1.165, 1.54) is 32.4 Å². The summed E-state index contributed by atoms with van der Waals surface area (Å²) in [5.41, 5.74) is -0.311. The molecule has 1 aromatic rings. The number of carbonyl (C=O) groups excluding carboxylic acids is 3. The van der Waals surface area contributed by atoms with Crippen LogP contribution in [0.5, 0.6) is 0 Å². The van der Waals surface area contributed by atoms with Crippen LogP contribution in [-0.2, 0) is 20.7 Å². The zero-order valence-electron chi connectivity index (χ0n) is 11.6. The van der Waals surface area contributed by atoms with Crippen LogP contribution in [0.4, 0.5) is 0 Å². The number of Topliss-reactive ketones (excluding diaryl/α,β-unsaturated/α-hetero) is 1. The van der Waals surface area contributed by atoms with E-state index in [-0.39, 0.29) is 13.0 Å². The summed E-state index contributed by atoms with van der Waals surface area (Å²) >= 11 is 0. The Morgan fingerprint density at radius 1 is 1.33 bits per heavy atom. The Hall–Kier alpha value is -2.68. The van der Waals surface area contributed by atoms with Crippen LogP contribution < -0.4 is 0 Å². The molecule has 6 heteroatoms. The minimum absolute atomic E-state index is 0.0566. The highest BCUT2D eigenvalue weighted by atomic mass is 16.5. The average molecular weight is 287 g/mol. The number of ketones is 1. The fourth-order valence-corrected chi connectivity index (χ4v) is 2.56. The van der Waals surface area contributed by atoms with E-state index in [0.29, 0.717) is 16.7 Å². The van der Waals surface area contributed by atoms with Gasteiger partial charge in [0.15, 0.2) is 5.78 Å². The van der Waals surface area contributed by atoms with E-state index in [4.69, 9.17) is 11.3 Å². The molecule has 0 aliphatic heterocycles. The minimum atomic E-state index is -1.51. The first-order chi connectivity index (χ1) is 10.00. The van der Waals surface area contributed by atoms with Gasteiger partial charge in [-0.1, -0.05) is 6.07 Å². The van der Waals surface area contributed by atoms with Crippen molar-refractivity contribution in [2.75, 3.05) is 20.8 Å². The molecule has 0 heterocycles. The summed E-state index contributed by atoms with van der Waals surface area (Å²) in [5.74, 6) is -1.68. The van der Waals surface area contributed by atoms with Gasteiger partial charge in [-0.2, -0.15) is 0 Å². The number of hydrogen-bond donors (Lipinski definition) is 0. The van der Waals surface area contributed by atoms with Crippen molar-refractivity contribution in [3.05, 3.63) is 46.3 Å². The normalized spacial score (nSPS) is 19.6. The lowest BCUT2D eigenvalue weighted by molar-refractivity contribution is -0.148. The van der Waals surface area contributed by atoms with Gasteiger partial charge in [-0.15, -0.1) is 0 Å². The van der Waals surface area contributed by atoms with Crippen LogP contribution >= 0.6 is 0 Å². The van der Waals surface area contributed by atoms with Crippen molar-refractivity contribution in [2.45, 2.75) is 6.42 Å². The van der Waals surface area contributed by atoms with Gasteiger partial charge in [0, 0.05) is 12.0 Å². The largest absolute Gasteiger partial charge is 0.468 e. The third-order valence-electron chi connectivity index (χ3n) is 3.62. The van der Waals surface area contributed by atoms with Gasteiger partial charge in [0.1, 0.15) is 0 Å². The highest BCUT2D eigenvalue weighted by Crippen LogP contribution is 2.39. The van der Waals surface area contributed by atoms with Crippen molar-refractivity contribution >= 4 is 17.7 Å². The Labute approximate surface area is 121 Å². The molecule has 6 nitrogen and oxygen atoms in total. The molecule has 1 aliphatic carbocycles. The Kier molecular flexibility index (Phi) is 3.76. The second-order valence-corrected chi connectivity index (χ2v) is 4.76. The molecule has 0 saturated heterocycles. The quantitative estimate of drug-likeness (QED) is 0.476. The first kappa shape index (κ1) is 14.7. The number of carbonyl (C=O) groups is 3. The molecule has 0 fully saturated rings. The van der Waals surface area contributed by atoms with Crippen molar-refractivity contribution in [3.8, 4) is 0 Å². The number of esters is 2. The smallest absolute Gasteiger partial charge is 0.337 e. The van der Waals surface area contributed by atoms with Crippen molar-refractivity contribution in [2.24, 2.45) is 5.41 Å². The molecular weight excluding hydrogens is 274 g/mol. The second-order valence-electron chi connectivity index (χ2n) is 4.76. The summed E-state index contributed by atoms with van der Waals surface area (Å²) in [6, 6.07) is 4.47. The average Bonchev–Trinajstić information content (AvgIpc) is 2.79. The van der Waals surface area contributed by atoms with Gasteiger partial charge in [-0.25, -0.2) is 11.4 Å². The zero-order valence-corrected chi connectivity index (χ0v) is 11.6. The van der Waals surface area contributed by atoms with E-state index in [1.54, 1.807) is 0 Å². The van der Waals surface area contributed by atoms with Crippen LogP contribution in [0.15, 0.2) is 18.2 Å². The Morgan fingerprint density at radius 2 is 2.05 bits per heavy atom. The minimum Gasteiger partial charge on any atom is -0.468 e. The lowest BCUT2D eigenvalue weighted by Crippen LogP contribution is -2.40. The third kappa shape index (κ3) is 2.17. The maximum Gasteiger partial charge on any atom is 0.337 e. The molecular formula is C15H13NO5. The fourth-order valence-electron chi connectivity index (χ4n) is 2.56. The van der Waals surface area contributed by atoms with Gasteiger partial charge in [0.25, 0.3) is 0 Å². The number of nitrogens with zero attached hydrogens (tertiary/aromatic N) is 1. The molecule has 21 heavy (non-hydrogen) atoms. The molecule has 1 aliphatic rings. The first-order valence-electron chi connectivity index (χ1n) is 6.18. The predicted molar refractivity (Wildman–Crippen MR) is 71.7 cm³/mol. The summed E-state index contributed by atoms with van der Waals surface area (Å²) < 4.78 is 9.32. The summed E-state index contributed by atoms with van der Waals surface area (Å²) in [7, 11) is 2.45. The summed E-state index contributed by atoms with van der Waals surface area (Å²) in [6.07, 6.45) is 0.0566. The molecule has 0 aromatic heterocycles. The number of hydrogen-bond acceptors (Lipinski definition) is 5. The Bertz CT molecular complexity index is 673. The van der Waals surface area contributed by atoms with Crippen molar-refractivity contribution < 1.29 is 23.9 Å². The summed E-state index contributed by atoms with van der Waals surface area (Å²) in [4.78, 5) is 39.2. The molecule has 0 bridgehead atoms. The Morgan fingerprint density at radius 3 is 2.62 bits per heavy atom. The van der Waals surface area contributed by atoms with E-state index in [0.717, 1.165) is 0 Å². The molecule has 0 saturated carbocycles. The maximum absolute atomic E-state index is 12.5. The van der Waals surface area contributed by atoms with E-state index in [9.17, 15) is 14.4 Å². The molecule has 1 unspecified atom stereocenters. The molecule has 0 amide bonds. The highest BCUT2D eigenvalue weighted by Gasteiger charge is 2.55. The second kappa shape index (κ2) is 5.37. The molecule has 1 aromatic carbocycles. The van der Waals surface area contributed by atoms with Crippen LogP contribution in [-0.4, -0.2) is 38.5 Å². The SMILES string of the molecule is [C-]#[N+]CC1(C(=O)OC)Cc2cc(C(=O)OC)ccc2C1=O. The number of ether oxygens (including phenoxy) is 2. The standard InChI is InChI=1S/C15H13NO5/c1-16-8-15(14(19)21-3)7-10-6-9(13(18)20-2)4-5-11(10)12(15)17/h4-6H,7-8H2,2-3H3. The van der Waals surface area contributed by atoms with Crippen molar-refractivity contribution in [1.29, 1.82) is 0 Å². The summed E-state index contributed by atoms with van der Waals surface area (Å²) in [5, 5.41) is 0. The van der Waals surface area contributed by atoms with Gasteiger partial charge in [0.2, 0.25) is 12.0 Å². The van der Waals surface area contributed by atoms with Gasteiger partial charge in [-0.05, 0) is 17.7 Å². The monoisotopic (exact) mass is 287 g/mol. The first-order valence-corrected chi connectivity index (χ1v) is 6.18. The number of methoxy groups -OCH3 is 2. The van der Waals surface area contributed by atoms with Crippen LogP contribution in [0.3, 0.4) is 0 Å². The highest BCUT2D eigenvalue weighted by molar-refractivity contribution is 6.16. The lowest BCUT2D eigenvalue weighted by atomic mass is 9.84. The summed E-state index contributed by atoms with van der Waals surface area (Å²) in [6.45, 7) is 6.71. The molecule has 0 N–H and O–H groups in total. The molecule has 0 radical (unpaired) electrons. The van der Waals surface area contributed by atoms with E-state index < -0.39 is 23.1 Å². The maximum atomic E-state index is 12.5. The van der Waals surface area contributed by atoms with E-state index in [2.05, 4.69) is 9.58 Å². The molecule has 1 atom stereocenters. The molecule has 108 valence electrons. The van der Waals surface area contributed by atoms with Crippen molar-refractivity contribution in [1.82, 2.24) is 0 Å². The van der Waals surface area contributed by atoms with Gasteiger partial charge in [-0.3, -0.25) is 9.59 Å². The van der Waals surface area contributed by atoms with Gasteiger partial charge in [0.05, 0.1) is 19.8 Å². The molecule has 2 rings (SSSR count). The topological polar surface area (TPSA) is 74.0 Å². The predicted octanol–water partition coefficient (Wildman–Crippen LogP) is 1.29. The van der Waals surface area contributed by atoms with Crippen LogP contribution in [0, 0.1) is 12.0 Å².